The number of hydrogen-bond donors (Lipinski definition) is 1. The summed E-state index contributed by atoms with van der Waals surface area (Å²) in [6.45, 7) is 9.97. The summed E-state index contributed by atoms with van der Waals surface area (Å²) in [4.78, 5) is 2.63. The van der Waals surface area contributed by atoms with E-state index in [9.17, 15) is 0 Å². The summed E-state index contributed by atoms with van der Waals surface area (Å²) in [7, 11) is 1.79. The highest BCUT2D eigenvalue weighted by atomic mass is 16.5. The number of ether oxygens (including phenoxy) is 1. The van der Waals surface area contributed by atoms with Gasteiger partial charge in [0.1, 0.15) is 0 Å². The fourth-order valence-electron chi connectivity index (χ4n) is 2.69. The van der Waals surface area contributed by atoms with Gasteiger partial charge in [0, 0.05) is 38.3 Å². The van der Waals surface area contributed by atoms with Gasteiger partial charge in [-0.25, -0.2) is 0 Å². The molecule has 3 nitrogen and oxygen atoms in total. The van der Waals surface area contributed by atoms with Crippen LogP contribution in [0.3, 0.4) is 0 Å². The van der Waals surface area contributed by atoms with Crippen LogP contribution in [-0.2, 0) is 4.74 Å². The Kier molecular flexibility index (Phi) is 6.32. The van der Waals surface area contributed by atoms with E-state index in [0.29, 0.717) is 18.1 Å². The van der Waals surface area contributed by atoms with Crippen molar-refractivity contribution in [1.29, 1.82) is 0 Å². The largest absolute Gasteiger partial charge is 0.383 e. The van der Waals surface area contributed by atoms with Gasteiger partial charge >= 0.3 is 0 Å². The SMILES string of the molecule is CCCC1CN(C(C)COC)C(CC)CN1. The summed E-state index contributed by atoms with van der Waals surface area (Å²) in [6.07, 6.45) is 3.77. The van der Waals surface area contributed by atoms with Crippen LogP contribution in [0.5, 0.6) is 0 Å². The quantitative estimate of drug-likeness (QED) is 0.751. The second-order valence-corrected chi connectivity index (χ2v) is 4.96. The zero-order valence-corrected chi connectivity index (χ0v) is 11.3. The minimum atomic E-state index is 0.538. The first-order valence-corrected chi connectivity index (χ1v) is 6.70. The lowest BCUT2D eigenvalue weighted by Gasteiger charge is -2.43. The van der Waals surface area contributed by atoms with E-state index in [1.54, 1.807) is 7.11 Å². The number of piperazine rings is 1. The first-order chi connectivity index (χ1) is 7.72. The van der Waals surface area contributed by atoms with Crippen LogP contribution in [0.15, 0.2) is 0 Å². The molecule has 3 atom stereocenters. The van der Waals surface area contributed by atoms with Crippen LogP contribution >= 0.6 is 0 Å². The molecule has 1 fully saturated rings. The minimum absolute atomic E-state index is 0.538. The molecule has 0 aromatic rings. The molecule has 3 heteroatoms. The molecule has 0 radical (unpaired) electrons. The van der Waals surface area contributed by atoms with Crippen LogP contribution in [0.1, 0.15) is 40.0 Å². The van der Waals surface area contributed by atoms with Crippen molar-refractivity contribution in [2.75, 3.05) is 26.8 Å². The van der Waals surface area contributed by atoms with Gasteiger partial charge in [-0.15, -0.1) is 0 Å². The molecule has 1 aliphatic heterocycles. The van der Waals surface area contributed by atoms with Crippen molar-refractivity contribution in [3.63, 3.8) is 0 Å². The molecular formula is C13H28N2O. The summed E-state index contributed by atoms with van der Waals surface area (Å²) in [5.41, 5.74) is 0. The second-order valence-electron chi connectivity index (χ2n) is 4.96. The van der Waals surface area contributed by atoms with Crippen molar-refractivity contribution in [2.24, 2.45) is 0 Å². The Balaban J connectivity index is 2.52. The third kappa shape index (κ3) is 3.72. The first-order valence-electron chi connectivity index (χ1n) is 6.70. The van der Waals surface area contributed by atoms with Crippen molar-refractivity contribution in [2.45, 2.75) is 58.2 Å². The van der Waals surface area contributed by atoms with Crippen molar-refractivity contribution >= 4 is 0 Å². The lowest BCUT2D eigenvalue weighted by Crippen LogP contribution is -2.59. The van der Waals surface area contributed by atoms with Crippen molar-refractivity contribution in [3.8, 4) is 0 Å². The highest BCUT2D eigenvalue weighted by molar-refractivity contribution is 4.87. The highest BCUT2D eigenvalue weighted by Crippen LogP contribution is 2.16. The Hall–Kier alpha value is -0.120. The molecule has 1 saturated heterocycles. The molecule has 0 aromatic heterocycles. The predicted molar refractivity (Wildman–Crippen MR) is 68.8 cm³/mol. The van der Waals surface area contributed by atoms with E-state index in [-0.39, 0.29) is 0 Å². The van der Waals surface area contributed by atoms with E-state index < -0.39 is 0 Å². The van der Waals surface area contributed by atoms with Crippen LogP contribution in [0.4, 0.5) is 0 Å². The molecule has 96 valence electrons. The third-order valence-corrected chi connectivity index (χ3v) is 3.62. The standard InChI is InChI=1S/C13H28N2O/c1-5-7-12-9-15(11(3)10-16-4)13(6-2)8-14-12/h11-14H,5-10H2,1-4H3. The van der Waals surface area contributed by atoms with Gasteiger partial charge in [-0.05, 0) is 19.8 Å². The van der Waals surface area contributed by atoms with Gasteiger partial charge in [-0.2, -0.15) is 0 Å². The average molecular weight is 228 g/mol. The van der Waals surface area contributed by atoms with Crippen LogP contribution in [-0.4, -0.2) is 49.8 Å². The Morgan fingerprint density at radius 1 is 1.44 bits per heavy atom. The Morgan fingerprint density at radius 2 is 2.19 bits per heavy atom. The maximum atomic E-state index is 5.28. The molecular weight excluding hydrogens is 200 g/mol. The molecule has 1 heterocycles. The van der Waals surface area contributed by atoms with Gasteiger partial charge in [0.25, 0.3) is 0 Å². The fraction of sp³-hybridized carbons (Fsp3) is 1.00. The normalized spacial score (nSPS) is 29.2. The molecule has 0 aromatic carbocycles. The van der Waals surface area contributed by atoms with Gasteiger partial charge in [-0.1, -0.05) is 20.3 Å². The monoisotopic (exact) mass is 228 g/mol. The Labute approximate surface area is 101 Å². The van der Waals surface area contributed by atoms with Crippen molar-refractivity contribution in [3.05, 3.63) is 0 Å². The highest BCUT2D eigenvalue weighted by Gasteiger charge is 2.29. The van der Waals surface area contributed by atoms with Crippen LogP contribution in [0.2, 0.25) is 0 Å². The summed E-state index contributed by atoms with van der Waals surface area (Å²) >= 11 is 0. The molecule has 0 aliphatic carbocycles. The average Bonchev–Trinajstić information content (AvgIpc) is 2.30. The van der Waals surface area contributed by atoms with Gasteiger partial charge in [-0.3, -0.25) is 4.90 Å². The fourth-order valence-corrected chi connectivity index (χ4v) is 2.69. The molecule has 0 saturated carbocycles. The Morgan fingerprint density at radius 3 is 2.75 bits per heavy atom. The summed E-state index contributed by atoms with van der Waals surface area (Å²) < 4.78 is 5.28. The predicted octanol–water partition coefficient (Wildman–Crippen LogP) is 1.87. The molecule has 0 spiro atoms. The molecule has 1 aliphatic rings. The topological polar surface area (TPSA) is 24.5 Å². The zero-order valence-electron chi connectivity index (χ0n) is 11.3. The van der Waals surface area contributed by atoms with Gasteiger partial charge in [0.2, 0.25) is 0 Å². The van der Waals surface area contributed by atoms with Crippen molar-refractivity contribution < 1.29 is 4.74 Å². The lowest BCUT2D eigenvalue weighted by atomic mass is 10.0. The third-order valence-electron chi connectivity index (χ3n) is 3.62. The zero-order chi connectivity index (χ0) is 12.0. The Bertz CT molecular complexity index is 187. The van der Waals surface area contributed by atoms with E-state index in [1.165, 1.54) is 25.8 Å². The molecule has 1 N–H and O–H groups in total. The number of methoxy groups -OCH3 is 1. The summed E-state index contributed by atoms with van der Waals surface area (Å²) in [6, 6.07) is 1.89. The number of hydrogen-bond acceptors (Lipinski definition) is 3. The maximum absolute atomic E-state index is 5.28. The van der Waals surface area contributed by atoms with E-state index in [1.807, 2.05) is 0 Å². The minimum Gasteiger partial charge on any atom is -0.383 e. The smallest absolute Gasteiger partial charge is 0.0615 e. The van der Waals surface area contributed by atoms with E-state index in [4.69, 9.17) is 4.74 Å². The molecule has 3 unspecified atom stereocenters. The van der Waals surface area contributed by atoms with Crippen LogP contribution in [0, 0.1) is 0 Å². The molecule has 1 rings (SSSR count). The number of nitrogens with one attached hydrogen (secondary N) is 1. The molecule has 16 heavy (non-hydrogen) atoms. The van der Waals surface area contributed by atoms with E-state index in [0.717, 1.165) is 13.2 Å². The molecule has 0 amide bonds. The summed E-state index contributed by atoms with van der Waals surface area (Å²) in [5.74, 6) is 0. The number of nitrogens with zero attached hydrogens (tertiary/aromatic N) is 1. The second kappa shape index (κ2) is 7.25. The van der Waals surface area contributed by atoms with Gasteiger partial charge < -0.3 is 10.1 Å². The maximum Gasteiger partial charge on any atom is 0.0615 e. The molecule has 0 bridgehead atoms. The van der Waals surface area contributed by atoms with E-state index in [2.05, 4.69) is 31.0 Å². The van der Waals surface area contributed by atoms with Gasteiger partial charge in [0.05, 0.1) is 6.61 Å². The van der Waals surface area contributed by atoms with Crippen molar-refractivity contribution in [1.82, 2.24) is 10.2 Å². The number of rotatable bonds is 6. The summed E-state index contributed by atoms with van der Waals surface area (Å²) in [5, 5.41) is 3.67. The van der Waals surface area contributed by atoms with Crippen LogP contribution < -0.4 is 5.32 Å². The first kappa shape index (κ1) is 13.9. The lowest BCUT2D eigenvalue weighted by molar-refractivity contribution is 0.0385. The van der Waals surface area contributed by atoms with Crippen LogP contribution in [0.25, 0.3) is 0 Å². The van der Waals surface area contributed by atoms with E-state index >= 15 is 0 Å². The van der Waals surface area contributed by atoms with Gasteiger partial charge in [0.15, 0.2) is 0 Å².